The molecule has 8 rings (SSSR count). The number of nitrogens with zero attached hydrogens (tertiary/aromatic N) is 2. The third-order valence-corrected chi connectivity index (χ3v) is 9.64. The van der Waals surface area contributed by atoms with Gasteiger partial charge < -0.3 is 0 Å². The van der Waals surface area contributed by atoms with Crippen molar-refractivity contribution in [3.63, 3.8) is 0 Å². The van der Waals surface area contributed by atoms with Crippen LogP contribution in [0.25, 0.3) is 83.7 Å². The van der Waals surface area contributed by atoms with E-state index in [1.165, 1.54) is 33.4 Å². The SMILES string of the molecule is C=CC(=CC)c1nc(-c2ccccc2)c(-c2ccc(-c3cccc(-c4cc(-c5ccccc5)cc(-c5ccccc5)c4)c3)cc2)c(-c2ccccc2)n1. The summed E-state index contributed by atoms with van der Waals surface area (Å²) in [5, 5.41) is 0. The van der Waals surface area contributed by atoms with Crippen molar-refractivity contribution in [3.05, 3.63) is 213 Å². The van der Waals surface area contributed by atoms with E-state index in [2.05, 4.69) is 183 Å². The van der Waals surface area contributed by atoms with Crippen LogP contribution in [0.5, 0.6) is 0 Å². The van der Waals surface area contributed by atoms with Crippen molar-refractivity contribution < 1.29 is 0 Å². The van der Waals surface area contributed by atoms with Crippen molar-refractivity contribution in [3.8, 4) is 78.1 Å². The predicted molar refractivity (Wildman–Crippen MR) is 224 cm³/mol. The van der Waals surface area contributed by atoms with E-state index in [-0.39, 0.29) is 0 Å². The molecule has 0 fully saturated rings. The Hall–Kier alpha value is -6.90. The van der Waals surface area contributed by atoms with Gasteiger partial charge >= 0.3 is 0 Å². The standard InChI is InChI=1S/C51H38N2/c1-3-36(4-2)51-52-49(41-22-13-7-14-23-41)48(50(53-51)42-24-15-8-16-25-42)40-30-28-39(29-31-40)43-26-17-27-44(32-43)47-34-45(37-18-9-5-10-19-37)33-46(35-47)38-20-11-6-12-21-38/h3-35H,1H2,2H3. The Bertz CT molecular complexity index is 2420. The molecular weight excluding hydrogens is 641 g/mol. The van der Waals surface area contributed by atoms with E-state index in [0.717, 1.165) is 50.3 Å². The molecule has 0 aliphatic heterocycles. The second-order valence-electron chi connectivity index (χ2n) is 13.0. The Kier molecular flexibility index (Phi) is 9.50. The van der Waals surface area contributed by atoms with E-state index in [1.54, 1.807) is 0 Å². The molecule has 1 aromatic heterocycles. The monoisotopic (exact) mass is 678 g/mol. The molecule has 0 unspecified atom stereocenters. The number of allylic oxidation sites excluding steroid dienone is 3. The normalized spacial score (nSPS) is 11.3. The molecule has 0 saturated heterocycles. The van der Waals surface area contributed by atoms with E-state index < -0.39 is 0 Å². The molecule has 0 saturated carbocycles. The number of benzene rings is 7. The van der Waals surface area contributed by atoms with Crippen LogP contribution in [0.1, 0.15) is 12.7 Å². The quantitative estimate of drug-likeness (QED) is 0.142. The zero-order valence-corrected chi connectivity index (χ0v) is 29.7. The van der Waals surface area contributed by atoms with Gasteiger partial charge in [0.1, 0.15) is 0 Å². The summed E-state index contributed by atoms with van der Waals surface area (Å²) >= 11 is 0. The van der Waals surface area contributed by atoms with Gasteiger partial charge in [-0.1, -0.05) is 183 Å². The zero-order valence-electron chi connectivity index (χ0n) is 29.7. The van der Waals surface area contributed by atoms with Gasteiger partial charge in [-0.2, -0.15) is 0 Å². The van der Waals surface area contributed by atoms with Gasteiger partial charge in [0.05, 0.1) is 11.4 Å². The third kappa shape index (κ3) is 7.04. The van der Waals surface area contributed by atoms with Crippen molar-refractivity contribution in [1.29, 1.82) is 0 Å². The van der Waals surface area contributed by atoms with Crippen LogP contribution in [-0.2, 0) is 0 Å². The lowest BCUT2D eigenvalue weighted by atomic mass is 9.91. The maximum Gasteiger partial charge on any atom is 0.160 e. The van der Waals surface area contributed by atoms with Crippen LogP contribution >= 0.6 is 0 Å². The van der Waals surface area contributed by atoms with E-state index in [9.17, 15) is 0 Å². The Labute approximate surface area is 312 Å². The van der Waals surface area contributed by atoms with Gasteiger partial charge in [-0.25, -0.2) is 9.97 Å². The summed E-state index contributed by atoms with van der Waals surface area (Å²) in [4.78, 5) is 10.4. The fourth-order valence-corrected chi connectivity index (χ4v) is 6.91. The Morgan fingerprint density at radius 1 is 0.377 bits per heavy atom. The van der Waals surface area contributed by atoms with E-state index in [4.69, 9.17) is 9.97 Å². The summed E-state index contributed by atoms with van der Waals surface area (Å²) < 4.78 is 0. The number of aromatic nitrogens is 2. The van der Waals surface area contributed by atoms with Gasteiger partial charge in [0, 0.05) is 22.3 Å². The lowest BCUT2D eigenvalue weighted by Gasteiger charge is -2.17. The molecule has 8 aromatic rings. The van der Waals surface area contributed by atoms with Crippen molar-refractivity contribution in [2.45, 2.75) is 6.92 Å². The lowest BCUT2D eigenvalue weighted by Crippen LogP contribution is -2.02. The molecule has 2 heteroatoms. The minimum Gasteiger partial charge on any atom is -0.227 e. The fraction of sp³-hybridized carbons (Fsp3) is 0.0196. The number of hydrogen-bond donors (Lipinski definition) is 0. The molecule has 53 heavy (non-hydrogen) atoms. The maximum absolute atomic E-state index is 5.18. The molecule has 1 heterocycles. The van der Waals surface area contributed by atoms with Crippen LogP contribution in [0.2, 0.25) is 0 Å². The second kappa shape index (κ2) is 15.1. The van der Waals surface area contributed by atoms with Crippen molar-refractivity contribution in [2.24, 2.45) is 0 Å². The Morgan fingerprint density at radius 2 is 0.717 bits per heavy atom. The minimum atomic E-state index is 0.657. The highest BCUT2D eigenvalue weighted by molar-refractivity contribution is 5.93. The smallest absolute Gasteiger partial charge is 0.160 e. The number of rotatable bonds is 9. The molecule has 0 aliphatic rings. The topological polar surface area (TPSA) is 25.8 Å². The summed E-state index contributed by atoms with van der Waals surface area (Å²) in [5.41, 5.74) is 16.2. The summed E-state index contributed by atoms with van der Waals surface area (Å²) in [6.07, 6.45) is 3.83. The van der Waals surface area contributed by atoms with E-state index >= 15 is 0 Å². The lowest BCUT2D eigenvalue weighted by molar-refractivity contribution is 1.13. The van der Waals surface area contributed by atoms with Crippen molar-refractivity contribution in [1.82, 2.24) is 9.97 Å². The average Bonchev–Trinajstić information content (AvgIpc) is 3.25. The third-order valence-electron chi connectivity index (χ3n) is 9.64. The first-order chi connectivity index (χ1) is 26.2. The van der Waals surface area contributed by atoms with Gasteiger partial charge in [0.15, 0.2) is 5.82 Å². The van der Waals surface area contributed by atoms with Crippen LogP contribution in [0.3, 0.4) is 0 Å². The highest BCUT2D eigenvalue weighted by Crippen LogP contribution is 2.40. The average molecular weight is 679 g/mol. The Morgan fingerprint density at radius 3 is 1.15 bits per heavy atom. The van der Waals surface area contributed by atoms with Crippen LogP contribution in [0.4, 0.5) is 0 Å². The van der Waals surface area contributed by atoms with E-state index in [1.807, 2.05) is 31.2 Å². The largest absolute Gasteiger partial charge is 0.227 e. The first-order valence-corrected chi connectivity index (χ1v) is 18.0. The molecule has 0 aliphatic carbocycles. The van der Waals surface area contributed by atoms with Gasteiger partial charge in [-0.05, 0) is 81.3 Å². The van der Waals surface area contributed by atoms with Crippen LogP contribution in [-0.4, -0.2) is 9.97 Å². The maximum atomic E-state index is 5.18. The molecule has 0 N–H and O–H groups in total. The van der Waals surface area contributed by atoms with Crippen LogP contribution < -0.4 is 0 Å². The predicted octanol–water partition coefficient (Wildman–Crippen LogP) is 13.7. The summed E-state index contributed by atoms with van der Waals surface area (Å²) in [7, 11) is 0. The Balaban J connectivity index is 1.23. The highest BCUT2D eigenvalue weighted by atomic mass is 14.9. The van der Waals surface area contributed by atoms with Crippen LogP contribution in [0.15, 0.2) is 207 Å². The minimum absolute atomic E-state index is 0.657. The molecule has 0 amide bonds. The molecular formula is C51H38N2. The van der Waals surface area contributed by atoms with Gasteiger partial charge in [-0.15, -0.1) is 0 Å². The molecule has 252 valence electrons. The second-order valence-corrected chi connectivity index (χ2v) is 13.0. The van der Waals surface area contributed by atoms with Gasteiger partial charge in [0.2, 0.25) is 0 Å². The summed E-state index contributed by atoms with van der Waals surface area (Å²) in [6.45, 7) is 6.04. The molecule has 7 aromatic carbocycles. The van der Waals surface area contributed by atoms with Gasteiger partial charge in [0.25, 0.3) is 0 Å². The van der Waals surface area contributed by atoms with Crippen molar-refractivity contribution in [2.75, 3.05) is 0 Å². The molecule has 0 spiro atoms. The first-order valence-electron chi connectivity index (χ1n) is 18.0. The number of hydrogen-bond acceptors (Lipinski definition) is 2. The van der Waals surface area contributed by atoms with Crippen LogP contribution in [0, 0.1) is 0 Å². The van der Waals surface area contributed by atoms with Gasteiger partial charge in [-0.3, -0.25) is 0 Å². The summed E-state index contributed by atoms with van der Waals surface area (Å²) in [6, 6.07) is 66.5. The van der Waals surface area contributed by atoms with Crippen molar-refractivity contribution >= 4 is 5.57 Å². The molecule has 0 atom stereocenters. The first kappa shape index (κ1) is 33.3. The fourth-order valence-electron chi connectivity index (χ4n) is 6.91. The molecule has 0 radical (unpaired) electrons. The molecule has 0 bridgehead atoms. The zero-order chi connectivity index (χ0) is 36.0. The molecule has 2 nitrogen and oxygen atoms in total. The van der Waals surface area contributed by atoms with E-state index in [0.29, 0.717) is 5.82 Å². The summed E-state index contributed by atoms with van der Waals surface area (Å²) in [5.74, 6) is 0.657. The highest BCUT2D eigenvalue weighted by Gasteiger charge is 2.20.